The van der Waals surface area contributed by atoms with Crippen molar-refractivity contribution >= 4 is 50.7 Å². The predicted octanol–water partition coefficient (Wildman–Crippen LogP) is 4.26. The maximum absolute atomic E-state index is 12.8. The van der Waals surface area contributed by atoms with Gasteiger partial charge in [-0.1, -0.05) is 0 Å². The van der Waals surface area contributed by atoms with Crippen LogP contribution in [-0.2, 0) is 0 Å². The third-order valence-electron chi connectivity index (χ3n) is 4.26. The first-order valence-corrected chi connectivity index (χ1v) is 9.23. The second-order valence-electron chi connectivity index (χ2n) is 6.03. The van der Waals surface area contributed by atoms with Gasteiger partial charge in [-0.2, -0.15) is 0 Å². The molecular weight excluding hydrogens is 394 g/mol. The minimum absolute atomic E-state index is 0.0427. The number of pyridine rings is 3. The van der Waals surface area contributed by atoms with Crippen LogP contribution in [0.2, 0.25) is 0 Å². The molecule has 0 aromatic carbocycles. The Balaban J connectivity index is 1.54. The number of hydrogen-bond acceptors (Lipinski definition) is 7. The van der Waals surface area contributed by atoms with Gasteiger partial charge in [0.2, 0.25) is 0 Å². The number of hydrogen-bond donors (Lipinski definition) is 2. The molecule has 5 rings (SSSR count). The molecule has 4 aromatic rings. The molecule has 1 aliphatic rings. The van der Waals surface area contributed by atoms with E-state index in [9.17, 15) is 14.7 Å². The molecule has 142 valence electrons. The summed E-state index contributed by atoms with van der Waals surface area (Å²) < 4.78 is 5.67. The SMILES string of the molecule is O=C(O)c1sc2nccc3c2c1NC(=O)N3c1ccc(Oc2cccnc2)cn1. The number of nitrogens with one attached hydrogen (secondary N) is 1. The lowest BCUT2D eigenvalue weighted by Crippen LogP contribution is -2.34. The summed E-state index contributed by atoms with van der Waals surface area (Å²) in [4.78, 5) is 38.8. The molecular formula is C19H11N5O4S. The lowest BCUT2D eigenvalue weighted by Gasteiger charge is -2.27. The van der Waals surface area contributed by atoms with Crippen molar-refractivity contribution < 1.29 is 19.4 Å². The highest BCUT2D eigenvalue weighted by Gasteiger charge is 2.33. The molecule has 0 unspecified atom stereocenters. The van der Waals surface area contributed by atoms with Crippen LogP contribution in [0.5, 0.6) is 11.5 Å². The van der Waals surface area contributed by atoms with Crippen molar-refractivity contribution in [1.29, 1.82) is 0 Å². The van der Waals surface area contributed by atoms with E-state index < -0.39 is 12.0 Å². The first-order valence-electron chi connectivity index (χ1n) is 8.41. The van der Waals surface area contributed by atoms with Gasteiger partial charge in [-0.3, -0.25) is 4.98 Å². The molecule has 2 amide bonds. The average molecular weight is 405 g/mol. The van der Waals surface area contributed by atoms with Crippen molar-refractivity contribution in [2.75, 3.05) is 10.2 Å². The summed E-state index contributed by atoms with van der Waals surface area (Å²) in [5.74, 6) is 0.307. The second-order valence-corrected chi connectivity index (χ2v) is 7.03. The molecule has 0 saturated carbocycles. The Morgan fingerprint density at radius 1 is 1.10 bits per heavy atom. The number of ether oxygens (including phenoxy) is 1. The monoisotopic (exact) mass is 405 g/mol. The summed E-state index contributed by atoms with van der Waals surface area (Å²) >= 11 is 1.02. The summed E-state index contributed by atoms with van der Waals surface area (Å²) in [6, 6.07) is 8.02. The van der Waals surface area contributed by atoms with Crippen LogP contribution in [0.15, 0.2) is 55.1 Å². The van der Waals surface area contributed by atoms with E-state index in [1.165, 1.54) is 17.3 Å². The molecule has 9 nitrogen and oxygen atoms in total. The number of carbonyl (C=O) groups is 2. The molecule has 0 saturated heterocycles. The number of carboxylic acids is 1. The Kier molecular flexibility index (Phi) is 3.85. The van der Waals surface area contributed by atoms with Crippen molar-refractivity contribution in [1.82, 2.24) is 15.0 Å². The summed E-state index contributed by atoms with van der Waals surface area (Å²) in [6.45, 7) is 0. The van der Waals surface area contributed by atoms with Gasteiger partial charge in [0.15, 0.2) is 0 Å². The Hall–Kier alpha value is -4.05. The second kappa shape index (κ2) is 6.53. The fourth-order valence-corrected chi connectivity index (χ4v) is 4.03. The number of nitrogens with zero attached hydrogens (tertiary/aromatic N) is 4. The number of carbonyl (C=O) groups excluding carboxylic acids is 1. The van der Waals surface area contributed by atoms with Gasteiger partial charge in [0.25, 0.3) is 0 Å². The van der Waals surface area contributed by atoms with E-state index in [1.54, 1.807) is 42.7 Å². The number of rotatable bonds is 4. The fourth-order valence-electron chi connectivity index (χ4n) is 3.07. The molecule has 0 bridgehead atoms. The first kappa shape index (κ1) is 17.1. The van der Waals surface area contributed by atoms with Crippen molar-refractivity contribution in [2.24, 2.45) is 0 Å². The van der Waals surface area contributed by atoms with Gasteiger partial charge >= 0.3 is 12.0 Å². The number of thiophene rings is 1. The summed E-state index contributed by atoms with van der Waals surface area (Å²) in [7, 11) is 0. The third kappa shape index (κ3) is 2.82. The predicted molar refractivity (Wildman–Crippen MR) is 106 cm³/mol. The largest absolute Gasteiger partial charge is 0.477 e. The summed E-state index contributed by atoms with van der Waals surface area (Å²) in [6.07, 6.45) is 6.26. The highest BCUT2D eigenvalue weighted by molar-refractivity contribution is 7.21. The molecule has 4 aromatic heterocycles. The van der Waals surface area contributed by atoms with Crippen LogP contribution in [0.1, 0.15) is 9.67 Å². The van der Waals surface area contributed by atoms with E-state index in [0.717, 1.165) is 11.3 Å². The molecule has 0 atom stereocenters. The molecule has 10 heteroatoms. The molecule has 0 aliphatic carbocycles. The van der Waals surface area contributed by atoms with Gasteiger partial charge in [-0.05, 0) is 30.3 Å². The Morgan fingerprint density at radius 3 is 2.69 bits per heavy atom. The van der Waals surface area contributed by atoms with Gasteiger partial charge in [0.05, 0.1) is 29.2 Å². The van der Waals surface area contributed by atoms with Crippen LogP contribution in [-0.4, -0.2) is 32.1 Å². The molecule has 2 N–H and O–H groups in total. The number of aromatic carboxylic acids is 1. The number of carboxylic acid groups (broad SMARTS) is 1. The first-order chi connectivity index (χ1) is 14.1. The minimum atomic E-state index is -1.11. The zero-order valence-corrected chi connectivity index (χ0v) is 15.4. The molecule has 1 aliphatic heterocycles. The highest BCUT2D eigenvalue weighted by Crippen LogP contribution is 2.45. The average Bonchev–Trinajstić information content (AvgIpc) is 3.10. The number of urea groups is 1. The van der Waals surface area contributed by atoms with Crippen molar-refractivity contribution in [2.45, 2.75) is 0 Å². The molecule has 0 spiro atoms. The lowest BCUT2D eigenvalue weighted by atomic mass is 10.1. The Labute approximate surface area is 167 Å². The quantitative estimate of drug-likeness (QED) is 0.521. The zero-order chi connectivity index (χ0) is 20.0. The van der Waals surface area contributed by atoms with Crippen LogP contribution < -0.4 is 15.0 Å². The van der Waals surface area contributed by atoms with Crippen LogP contribution in [0.4, 0.5) is 22.0 Å². The fraction of sp³-hybridized carbons (Fsp3) is 0. The maximum Gasteiger partial charge on any atom is 0.348 e. The van der Waals surface area contributed by atoms with Crippen molar-refractivity contribution in [3.05, 3.63) is 60.0 Å². The van der Waals surface area contributed by atoms with E-state index in [4.69, 9.17) is 4.74 Å². The highest BCUT2D eigenvalue weighted by atomic mass is 32.1. The maximum atomic E-state index is 12.8. The van der Waals surface area contributed by atoms with Gasteiger partial charge in [-0.15, -0.1) is 11.3 Å². The third-order valence-corrected chi connectivity index (χ3v) is 5.35. The lowest BCUT2D eigenvalue weighted by molar-refractivity contribution is 0.0703. The standard InChI is InChI=1S/C19H11N5O4S/c25-18(26)16-15-14-12(5-7-21-17(14)29-16)24(19(27)23-15)13-4-3-11(9-22-13)28-10-2-1-6-20-8-10/h1-9H,(H,23,27)(H,25,26). The van der Waals surface area contributed by atoms with Crippen LogP contribution in [0, 0.1) is 0 Å². The van der Waals surface area contributed by atoms with E-state index in [-0.39, 0.29) is 10.6 Å². The summed E-state index contributed by atoms with van der Waals surface area (Å²) in [5, 5.41) is 12.7. The van der Waals surface area contributed by atoms with E-state index >= 15 is 0 Å². The van der Waals surface area contributed by atoms with Crippen LogP contribution in [0.25, 0.3) is 10.2 Å². The van der Waals surface area contributed by atoms with Crippen LogP contribution in [0.3, 0.4) is 0 Å². The van der Waals surface area contributed by atoms with Crippen LogP contribution >= 0.6 is 11.3 Å². The van der Waals surface area contributed by atoms with E-state index in [1.807, 2.05) is 0 Å². The summed E-state index contributed by atoms with van der Waals surface area (Å²) in [5.41, 5.74) is 0.782. The molecule has 5 heterocycles. The van der Waals surface area contributed by atoms with Gasteiger partial charge in [-0.25, -0.2) is 24.5 Å². The minimum Gasteiger partial charge on any atom is -0.477 e. The topological polar surface area (TPSA) is 118 Å². The van der Waals surface area contributed by atoms with Crippen molar-refractivity contribution in [3.8, 4) is 11.5 Å². The normalized spacial score (nSPS) is 12.7. The molecule has 29 heavy (non-hydrogen) atoms. The Bertz CT molecular complexity index is 1260. The van der Waals surface area contributed by atoms with E-state index in [0.29, 0.717) is 33.2 Å². The number of amides is 2. The zero-order valence-electron chi connectivity index (χ0n) is 14.6. The molecule has 0 fully saturated rings. The van der Waals surface area contributed by atoms with Gasteiger partial charge in [0.1, 0.15) is 27.0 Å². The molecule has 0 radical (unpaired) electrons. The number of anilines is 3. The van der Waals surface area contributed by atoms with E-state index in [2.05, 4.69) is 20.3 Å². The van der Waals surface area contributed by atoms with Gasteiger partial charge in [0, 0.05) is 12.4 Å². The Morgan fingerprint density at radius 2 is 1.97 bits per heavy atom. The number of aromatic nitrogens is 3. The van der Waals surface area contributed by atoms with Crippen molar-refractivity contribution in [3.63, 3.8) is 0 Å². The smallest absolute Gasteiger partial charge is 0.348 e. The van der Waals surface area contributed by atoms with Gasteiger partial charge < -0.3 is 15.2 Å².